The predicted octanol–water partition coefficient (Wildman–Crippen LogP) is 1.22. The molecule has 2 N–H and O–H groups in total. The summed E-state index contributed by atoms with van der Waals surface area (Å²) < 4.78 is 0. The summed E-state index contributed by atoms with van der Waals surface area (Å²) >= 11 is 0. The highest BCUT2D eigenvalue weighted by Gasteiger charge is 2.33. The molecule has 0 bridgehead atoms. The minimum absolute atomic E-state index is 0. The summed E-state index contributed by atoms with van der Waals surface area (Å²) in [6.07, 6.45) is 7.38. The molecular weight excluding hydrogens is 250 g/mol. The van der Waals surface area contributed by atoms with Gasteiger partial charge in [0.05, 0.1) is 24.2 Å². The number of carbonyl (C=O) groups excluding carboxylic acids is 1. The van der Waals surface area contributed by atoms with Crippen LogP contribution in [0.1, 0.15) is 33.1 Å². The Morgan fingerprint density at radius 3 is 2.67 bits per heavy atom. The second-order valence-electron chi connectivity index (χ2n) is 4.85. The molecule has 5 heteroatoms. The number of rotatable bonds is 5. The van der Waals surface area contributed by atoms with Gasteiger partial charge in [-0.1, -0.05) is 20.3 Å². The van der Waals surface area contributed by atoms with E-state index in [2.05, 4.69) is 36.6 Å². The van der Waals surface area contributed by atoms with Crippen molar-refractivity contribution in [1.82, 2.24) is 10.6 Å². The van der Waals surface area contributed by atoms with Gasteiger partial charge >= 0.3 is 0 Å². The van der Waals surface area contributed by atoms with E-state index in [1.54, 1.807) is 0 Å². The monoisotopic (exact) mass is 269 g/mol. The molecule has 0 aromatic rings. The topological polar surface area (TPSA) is 64.9 Å². The van der Waals surface area contributed by atoms with Crippen molar-refractivity contribution in [2.75, 3.05) is 0 Å². The van der Waals surface area contributed by atoms with Crippen molar-refractivity contribution >= 4 is 18.2 Å². The van der Waals surface area contributed by atoms with Gasteiger partial charge in [0.15, 0.2) is 5.78 Å². The van der Waals surface area contributed by atoms with Crippen LogP contribution >= 0.6 is 12.4 Å². The lowest BCUT2D eigenvalue weighted by atomic mass is 9.95. The summed E-state index contributed by atoms with van der Waals surface area (Å²) in [5, 5.41) is 14.6. The Bertz CT molecular complexity index is 356. The molecule has 1 unspecified atom stereocenters. The average molecular weight is 270 g/mol. The number of terminal acetylenes is 1. The summed E-state index contributed by atoms with van der Waals surface area (Å²) in [5.74, 6) is 0.479. The molecule has 0 radical (unpaired) electrons. The fourth-order valence-corrected chi connectivity index (χ4v) is 2.13. The van der Waals surface area contributed by atoms with Crippen LogP contribution in [0.5, 0.6) is 0 Å². The average Bonchev–Trinajstić information content (AvgIpc) is 2.75. The van der Waals surface area contributed by atoms with Crippen molar-refractivity contribution in [3.05, 3.63) is 0 Å². The van der Waals surface area contributed by atoms with Gasteiger partial charge in [-0.3, -0.25) is 10.1 Å². The van der Waals surface area contributed by atoms with Crippen molar-refractivity contribution in [3.63, 3.8) is 0 Å². The predicted molar refractivity (Wildman–Crippen MR) is 73.0 cm³/mol. The summed E-state index contributed by atoms with van der Waals surface area (Å²) in [5.41, 5.74) is 0. The molecule has 1 rings (SSSR count). The molecule has 0 spiro atoms. The third-order valence-electron chi connectivity index (χ3n) is 2.95. The van der Waals surface area contributed by atoms with E-state index in [0.717, 1.165) is 19.3 Å². The van der Waals surface area contributed by atoms with E-state index in [4.69, 9.17) is 11.7 Å². The summed E-state index contributed by atoms with van der Waals surface area (Å²) in [6.45, 7) is 4.11. The SMILES string of the molecule is C#CNC(CC(C)C)C(=O)[C@H]1CC[C@@H](C#N)N1.Cl. The van der Waals surface area contributed by atoms with Crippen LogP contribution in [0.3, 0.4) is 0 Å². The first-order chi connectivity index (χ1) is 8.08. The number of nitriles is 1. The second kappa shape index (κ2) is 7.97. The van der Waals surface area contributed by atoms with Gasteiger partial charge in [-0.2, -0.15) is 5.26 Å². The first-order valence-corrected chi connectivity index (χ1v) is 5.99. The smallest absolute Gasteiger partial charge is 0.172 e. The normalized spacial score (nSPS) is 23.6. The third-order valence-corrected chi connectivity index (χ3v) is 2.95. The van der Waals surface area contributed by atoms with Gasteiger partial charge in [-0.05, 0) is 25.2 Å². The molecule has 1 saturated heterocycles. The van der Waals surface area contributed by atoms with E-state index in [1.165, 1.54) is 0 Å². The fraction of sp³-hybridized carbons (Fsp3) is 0.692. The zero-order chi connectivity index (χ0) is 12.8. The van der Waals surface area contributed by atoms with Crippen molar-refractivity contribution in [1.29, 1.82) is 5.26 Å². The highest BCUT2D eigenvalue weighted by atomic mass is 35.5. The van der Waals surface area contributed by atoms with Gasteiger partial charge in [0, 0.05) is 6.04 Å². The Kier molecular flexibility index (Phi) is 7.43. The minimum atomic E-state index is -0.310. The van der Waals surface area contributed by atoms with E-state index >= 15 is 0 Å². The number of nitrogens with zero attached hydrogens (tertiary/aromatic N) is 1. The van der Waals surface area contributed by atoms with Gasteiger partial charge < -0.3 is 5.32 Å². The van der Waals surface area contributed by atoms with Crippen LogP contribution in [0.25, 0.3) is 0 Å². The molecule has 1 heterocycles. The van der Waals surface area contributed by atoms with E-state index in [0.29, 0.717) is 5.92 Å². The number of hydrogen-bond donors (Lipinski definition) is 2. The van der Waals surface area contributed by atoms with Crippen LogP contribution in [0.15, 0.2) is 0 Å². The third kappa shape index (κ3) is 4.56. The zero-order valence-electron chi connectivity index (χ0n) is 10.8. The van der Waals surface area contributed by atoms with Gasteiger partial charge in [0.2, 0.25) is 0 Å². The molecule has 0 aromatic carbocycles. The van der Waals surface area contributed by atoms with E-state index in [1.807, 2.05) is 0 Å². The summed E-state index contributed by atoms with van der Waals surface area (Å²) in [6, 6.07) is 3.73. The first-order valence-electron chi connectivity index (χ1n) is 5.99. The lowest BCUT2D eigenvalue weighted by Gasteiger charge is -2.20. The lowest BCUT2D eigenvalue weighted by Crippen LogP contribution is -2.46. The van der Waals surface area contributed by atoms with Crippen molar-refractivity contribution in [2.24, 2.45) is 5.92 Å². The molecule has 3 atom stereocenters. The minimum Gasteiger partial charge on any atom is -0.336 e. The Hall–Kier alpha value is -1.23. The summed E-state index contributed by atoms with van der Waals surface area (Å²) in [7, 11) is 0. The van der Waals surface area contributed by atoms with E-state index < -0.39 is 0 Å². The van der Waals surface area contributed by atoms with Crippen molar-refractivity contribution in [2.45, 2.75) is 51.2 Å². The van der Waals surface area contributed by atoms with Crippen LogP contribution in [-0.2, 0) is 4.79 Å². The molecule has 0 aromatic heterocycles. The standard InChI is InChI=1S/C13H19N3O.ClH/c1-4-15-12(7-9(2)3)13(17)11-6-5-10(8-14)16-11;/h1,9-12,15-16H,5-7H2,2-3H3;1H/t10-,11+,12?;/m0./s1. The number of halogens is 1. The van der Waals surface area contributed by atoms with Crippen molar-refractivity contribution < 1.29 is 4.79 Å². The Balaban J connectivity index is 0.00000289. The number of carbonyl (C=O) groups is 1. The van der Waals surface area contributed by atoms with E-state index in [9.17, 15) is 4.79 Å². The van der Waals surface area contributed by atoms with Crippen LogP contribution in [-0.4, -0.2) is 23.9 Å². The van der Waals surface area contributed by atoms with Crippen LogP contribution in [0.4, 0.5) is 0 Å². The Morgan fingerprint density at radius 1 is 1.56 bits per heavy atom. The first kappa shape index (κ1) is 16.8. The molecular formula is C13H20ClN3O. The maximum atomic E-state index is 12.2. The highest BCUT2D eigenvalue weighted by molar-refractivity contribution is 5.89. The molecule has 1 aliphatic heterocycles. The van der Waals surface area contributed by atoms with Crippen LogP contribution in [0.2, 0.25) is 0 Å². The maximum Gasteiger partial charge on any atom is 0.172 e. The number of hydrogen-bond acceptors (Lipinski definition) is 4. The fourth-order valence-electron chi connectivity index (χ4n) is 2.13. The Morgan fingerprint density at radius 2 is 2.22 bits per heavy atom. The maximum absolute atomic E-state index is 12.2. The van der Waals surface area contributed by atoms with Crippen LogP contribution in [0, 0.1) is 29.7 Å². The number of Topliss-reactive ketones (excluding diaryl/α,β-unsaturated/α-hetero) is 1. The molecule has 0 saturated carbocycles. The largest absolute Gasteiger partial charge is 0.336 e. The van der Waals surface area contributed by atoms with Gasteiger partial charge in [-0.25, -0.2) is 0 Å². The molecule has 18 heavy (non-hydrogen) atoms. The number of ketones is 1. The molecule has 0 aliphatic carbocycles. The molecule has 1 fully saturated rings. The second-order valence-corrected chi connectivity index (χ2v) is 4.85. The number of nitrogens with one attached hydrogen (secondary N) is 2. The van der Waals surface area contributed by atoms with Gasteiger partial charge in [0.25, 0.3) is 0 Å². The molecule has 1 aliphatic rings. The quantitative estimate of drug-likeness (QED) is 0.582. The Labute approximate surface area is 115 Å². The van der Waals surface area contributed by atoms with Gasteiger partial charge in [-0.15, -0.1) is 12.4 Å². The molecule has 100 valence electrons. The molecule has 0 amide bonds. The molecule has 4 nitrogen and oxygen atoms in total. The van der Waals surface area contributed by atoms with E-state index in [-0.39, 0.29) is 36.3 Å². The lowest BCUT2D eigenvalue weighted by molar-refractivity contribution is -0.122. The zero-order valence-corrected chi connectivity index (χ0v) is 11.6. The highest BCUT2D eigenvalue weighted by Crippen LogP contribution is 2.16. The summed E-state index contributed by atoms with van der Waals surface area (Å²) in [4.78, 5) is 12.2. The van der Waals surface area contributed by atoms with Gasteiger partial charge in [0.1, 0.15) is 0 Å². The van der Waals surface area contributed by atoms with Crippen LogP contribution < -0.4 is 10.6 Å². The van der Waals surface area contributed by atoms with Crippen molar-refractivity contribution in [3.8, 4) is 18.5 Å².